The number of hydrogen-bond donors (Lipinski definition) is 1. The van der Waals surface area contributed by atoms with Gasteiger partial charge in [0.2, 0.25) is 0 Å². The van der Waals surface area contributed by atoms with Crippen molar-refractivity contribution in [1.82, 2.24) is 15.0 Å². The number of carbonyl (C=O) groups excluding carboxylic acids is 1. The van der Waals surface area contributed by atoms with E-state index in [2.05, 4.69) is 77.0 Å². The van der Waals surface area contributed by atoms with E-state index in [0.717, 1.165) is 69.9 Å². The van der Waals surface area contributed by atoms with E-state index in [1.165, 1.54) is 10.5 Å². The zero-order chi connectivity index (χ0) is 36.5. The molecule has 7 rings (SSSR count). The van der Waals surface area contributed by atoms with Crippen LogP contribution in [0, 0.1) is 50.2 Å². The van der Waals surface area contributed by atoms with E-state index in [-0.39, 0.29) is 45.1 Å². The van der Waals surface area contributed by atoms with Crippen molar-refractivity contribution < 1.29 is 19.4 Å². The average Bonchev–Trinajstić information content (AvgIpc) is 3.53. The monoisotopic (exact) mass is 715 g/mol. The van der Waals surface area contributed by atoms with Gasteiger partial charge in [-0.1, -0.05) is 83.5 Å². The van der Waals surface area contributed by atoms with Crippen LogP contribution in [0.25, 0.3) is 0 Å². The van der Waals surface area contributed by atoms with Crippen molar-refractivity contribution in [1.29, 1.82) is 0 Å². The second kappa shape index (κ2) is 13.1. The smallest absolute Gasteiger partial charge is 0.310 e. The fourth-order valence-electron chi connectivity index (χ4n) is 12.6. The van der Waals surface area contributed by atoms with Crippen LogP contribution < -0.4 is 0 Å². The Hall–Kier alpha value is -2.61. The molecule has 0 radical (unpaired) electrons. The first kappa shape index (κ1) is 36.7. The molecule has 0 aliphatic heterocycles. The molecule has 4 fully saturated rings. The standard InChI is InChI=1S/C43H61N3O4S/c1-38(2)22-24-43(37(48)49)25-23-41(6)31(32(43)26-38)16-17-34-40(5)20-19-35(39(3,4)33(40)18-21-42(34,41)7)50-36(47)15-11-12-29-27-46(45-44-29)28-51-30-13-9-8-10-14-30/h8-10,13-14,16,27,32-35H,11-12,15,17-26,28H2,1-7H3,(H,48,49)/t32-,33-,34+,35-,40-,41+,42+,43-/m0/s1. The van der Waals surface area contributed by atoms with Gasteiger partial charge in [-0.05, 0) is 129 Å². The number of esters is 1. The number of allylic oxidation sites excluding steroid dienone is 2. The first-order valence-corrected chi connectivity index (χ1v) is 20.7. The van der Waals surface area contributed by atoms with Gasteiger partial charge in [-0.3, -0.25) is 9.59 Å². The number of carbonyl (C=O) groups is 2. The second-order valence-electron chi connectivity index (χ2n) is 19.2. The molecule has 278 valence electrons. The molecule has 1 aromatic heterocycles. The van der Waals surface area contributed by atoms with Crippen LogP contribution in [0.2, 0.25) is 0 Å². The number of carboxylic acid groups (broad SMARTS) is 1. The molecule has 1 heterocycles. The predicted molar refractivity (Wildman–Crippen MR) is 202 cm³/mol. The van der Waals surface area contributed by atoms with E-state index in [0.29, 0.717) is 37.0 Å². The first-order valence-electron chi connectivity index (χ1n) is 19.7. The molecular formula is C43H61N3O4S. The van der Waals surface area contributed by atoms with Crippen LogP contribution in [0.5, 0.6) is 0 Å². The van der Waals surface area contributed by atoms with Gasteiger partial charge < -0.3 is 9.84 Å². The highest BCUT2D eigenvalue weighted by molar-refractivity contribution is 7.98. The number of thioether (sulfide) groups is 1. The van der Waals surface area contributed by atoms with Crippen LogP contribution >= 0.6 is 11.8 Å². The summed E-state index contributed by atoms with van der Waals surface area (Å²) < 4.78 is 8.22. The van der Waals surface area contributed by atoms with Gasteiger partial charge in [0.1, 0.15) is 6.10 Å². The number of hydrogen-bond acceptors (Lipinski definition) is 6. The third-order valence-corrected chi connectivity index (χ3v) is 16.8. The number of aryl methyl sites for hydroxylation is 1. The summed E-state index contributed by atoms with van der Waals surface area (Å²) >= 11 is 1.72. The summed E-state index contributed by atoms with van der Waals surface area (Å²) in [5, 5.41) is 19.3. The van der Waals surface area contributed by atoms with Gasteiger partial charge in [-0.2, -0.15) is 0 Å². The molecule has 0 bridgehead atoms. The zero-order valence-corrected chi connectivity index (χ0v) is 33.0. The van der Waals surface area contributed by atoms with Crippen LogP contribution in [0.15, 0.2) is 53.1 Å². The Morgan fingerprint density at radius 2 is 1.69 bits per heavy atom. The molecular weight excluding hydrogens is 655 g/mol. The lowest BCUT2D eigenvalue weighted by molar-refractivity contribution is -0.214. The number of rotatable bonds is 9. The molecule has 8 atom stereocenters. The van der Waals surface area contributed by atoms with Gasteiger partial charge in [0.25, 0.3) is 0 Å². The number of fused-ring (bicyclic) bond motifs is 7. The molecule has 0 spiro atoms. The minimum Gasteiger partial charge on any atom is -0.481 e. The van der Waals surface area contributed by atoms with Crippen molar-refractivity contribution >= 4 is 23.7 Å². The third kappa shape index (κ3) is 6.11. The number of ether oxygens (including phenoxy) is 1. The van der Waals surface area contributed by atoms with Gasteiger partial charge in [-0.25, -0.2) is 4.68 Å². The fourth-order valence-corrected chi connectivity index (χ4v) is 13.4. The van der Waals surface area contributed by atoms with Gasteiger partial charge in [-0.15, -0.1) is 16.9 Å². The van der Waals surface area contributed by atoms with Crippen molar-refractivity contribution in [2.45, 2.75) is 149 Å². The SMILES string of the molecule is CC1(C)CC[C@]2(C(=O)O)CC[C@]3(C)C(=CC[C@@H]4[C@@]5(C)CC[C@H](OC(=O)CCCc6cn(CSc7ccccc7)nn6)C(C)(C)[C@@H]5CC[C@]43C)[C@@H]2C1. The maximum absolute atomic E-state index is 13.3. The van der Waals surface area contributed by atoms with E-state index in [1.54, 1.807) is 11.8 Å². The van der Waals surface area contributed by atoms with Gasteiger partial charge in [0.15, 0.2) is 0 Å². The van der Waals surface area contributed by atoms with Crippen molar-refractivity contribution in [3.8, 4) is 0 Å². The molecule has 1 N–H and O–H groups in total. The quantitative estimate of drug-likeness (QED) is 0.157. The van der Waals surface area contributed by atoms with Gasteiger partial charge in [0.05, 0.1) is 17.0 Å². The highest BCUT2D eigenvalue weighted by Gasteiger charge is 2.69. The van der Waals surface area contributed by atoms with Crippen LogP contribution in [-0.2, 0) is 26.6 Å². The highest BCUT2D eigenvalue weighted by atomic mass is 32.2. The number of aliphatic carboxylic acids is 1. The van der Waals surface area contributed by atoms with E-state index in [1.807, 2.05) is 29.1 Å². The Morgan fingerprint density at radius 1 is 0.941 bits per heavy atom. The number of carboxylic acids is 1. The van der Waals surface area contributed by atoms with E-state index in [9.17, 15) is 14.7 Å². The molecule has 0 saturated heterocycles. The van der Waals surface area contributed by atoms with E-state index in [4.69, 9.17) is 4.74 Å². The highest BCUT2D eigenvalue weighted by Crippen LogP contribution is 2.75. The second-order valence-corrected chi connectivity index (χ2v) is 20.2. The van der Waals surface area contributed by atoms with Crippen molar-refractivity contribution in [3.05, 3.63) is 53.9 Å². The Bertz CT molecular complexity index is 1670. The molecule has 2 aromatic rings. The van der Waals surface area contributed by atoms with Gasteiger partial charge >= 0.3 is 11.9 Å². The number of benzene rings is 1. The fraction of sp³-hybridized carbons (Fsp3) is 0.721. The van der Waals surface area contributed by atoms with Crippen LogP contribution in [-0.4, -0.2) is 38.1 Å². The van der Waals surface area contributed by atoms with Crippen LogP contribution in [0.1, 0.15) is 131 Å². The zero-order valence-electron chi connectivity index (χ0n) is 32.2. The topological polar surface area (TPSA) is 94.3 Å². The summed E-state index contributed by atoms with van der Waals surface area (Å²) in [6.45, 7) is 17.1. The van der Waals surface area contributed by atoms with Crippen molar-refractivity contribution in [2.24, 2.45) is 50.2 Å². The largest absolute Gasteiger partial charge is 0.481 e. The number of aromatic nitrogens is 3. The van der Waals surface area contributed by atoms with E-state index < -0.39 is 11.4 Å². The lowest BCUT2D eigenvalue weighted by atomic mass is 9.33. The predicted octanol–water partition coefficient (Wildman–Crippen LogP) is 10.1. The van der Waals surface area contributed by atoms with Crippen LogP contribution in [0.4, 0.5) is 0 Å². The Balaban J connectivity index is 1.000. The minimum absolute atomic E-state index is 0.0144. The Kier molecular flexibility index (Phi) is 9.40. The summed E-state index contributed by atoms with van der Waals surface area (Å²) in [5.41, 5.74) is 2.12. The normalized spacial score (nSPS) is 37.9. The summed E-state index contributed by atoms with van der Waals surface area (Å²) in [5.74, 6) is 1.18. The summed E-state index contributed by atoms with van der Waals surface area (Å²) in [6.07, 6.45) is 16.1. The molecule has 4 saturated carbocycles. The maximum atomic E-state index is 13.3. The molecule has 7 nitrogen and oxygen atoms in total. The lowest BCUT2D eigenvalue weighted by Crippen LogP contribution is -2.65. The summed E-state index contributed by atoms with van der Waals surface area (Å²) in [4.78, 5) is 27.5. The summed E-state index contributed by atoms with van der Waals surface area (Å²) in [7, 11) is 0. The van der Waals surface area contributed by atoms with E-state index >= 15 is 0 Å². The molecule has 51 heavy (non-hydrogen) atoms. The van der Waals surface area contributed by atoms with Crippen molar-refractivity contribution in [2.75, 3.05) is 0 Å². The first-order chi connectivity index (χ1) is 24.0. The molecule has 0 unspecified atom stereocenters. The maximum Gasteiger partial charge on any atom is 0.310 e. The lowest BCUT2D eigenvalue weighted by Gasteiger charge is -2.71. The Labute approximate surface area is 310 Å². The third-order valence-electron chi connectivity index (χ3n) is 15.8. The average molecular weight is 716 g/mol. The molecule has 1 aromatic carbocycles. The minimum atomic E-state index is -0.602. The molecule has 5 aliphatic rings. The molecule has 8 heteroatoms. The molecule has 0 amide bonds. The molecule has 5 aliphatic carbocycles. The van der Waals surface area contributed by atoms with Gasteiger partial charge in [0, 0.05) is 22.9 Å². The number of nitrogens with zero attached hydrogens (tertiary/aromatic N) is 3. The van der Waals surface area contributed by atoms with Crippen LogP contribution in [0.3, 0.4) is 0 Å². The Morgan fingerprint density at radius 3 is 2.43 bits per heavy atom. The van der Waals surface area contributed by atoms with Crippen molar-refractivity contribution in [3.63, 3.8) is 0 Å². The summed E-state index contributed by atoms with van der Waals surface area (Å²) in [6, 6.07) is 10.3.